The summed E-state index contributed by atoms with van der Waals surface area (Å²) in [7, 11) is 1.18. The molecule has 1 atom stereocenters. The molecule has 0 aliphatic carbocycles. The zero-order chi connectivity index (χ0) is 24.3. The predicted molar refractivity (Wildman–Crippen MR) is 128 cm³/mol. The number of hydrogen-bond acceptors (Lipinski definition) is 6. The quantitative estimate of drug-likeness (QED) is 0.593. The average Bonchev–Trinajstić information content (AvgIpc) is 3.37. The normalized spacial score (nSPS) is 19.7. The minimum atomic E-state index is -3.60. The lowest BCUT2D eigenvalue weighted by atomic mass is 9.95. The third kappa shape index (κ3) is 4.72. The van der Waals surface area contributed by atoms with Crippen LogP contribution in [0.3, 0.4) is 0 Å². The molecule has 0 bridgehead atoms. The number of ether oxygens (including phenoxy) is 3. The molecule has 2 aromatic carbocycles. The Balaban J connectivity index is 1.44. The van der Waals surface area contributed by atoms with Gasteiger partial charge < -0.3 is 19.1 Å². The number of rotatable bonds is 7. The van der Waals surface area contributed by atoms with E-state index in [9.17, 15) is 13.2 Å². The number of carbonyl (C=O) groups is 1. The van der Waals surface area contributed by atoms with E-state index in [1.165, 1.54) is 4.31 Å². The third-order valence-electron chi connectivity index (χ3n) is 6.84. The number of piperidine rings is 1. The first-order valence-corrected chi connectivity index (χ1v) is 13.0. The van der Waals surface area contributed by atoms with Crippen LogP contribution in [0.1, 0.15) is 37.3 Å². The van der Waals surface area contributed by atoms with Crippen LogP contribution in [0.25, 0.3) is 0 Å². The monoisotopic (exact) mass is 488 g/mol. The first-order chi connectivity index (χ1) is 16.4. The molecule has 1 unspecified atom stereocenters. The topological polar surface area (TPSA) is 85.4 Å². The minimum Gasteiger partial charge on any atom is -0.497 e. The average molecular weight is 489 g/mol. The highest BCUT2D eigenvalue weighted by molar-refractivity contribution is 7.89. The second kappa shape index (κ2) is 10.2. The highest BCUT2D eigenvalue weighted by atomic mass is 32.2. The zero-order valence-electron chi connectivity index (χ0n) is 19.9. The summed E-state index contributed by atoms with van der Waals surface area (Å²) >= 11 is 0. The van der Waals surface area contributed by atoms with Crippen molar-refractivity contribution < 1.29 is 27.4 Å². The van der Waals surface area contributed by atoms with Crippen molar-refractivity contribution in [2.45, 2.75) is 36.6 Å². The van der Waals surface area contributed by atoms with Crippen LogP contribution in [0.5, 0.6) is 17.2 Å². The van der Waals surface area contributed by atoms with E-state index in [0.717, 1.165) is 18.4 Å². The van der Waals surface area contributed by atoms with Gasteiger partial charge in [0.05, 0.1) is 32.3 Å². The van der Waals surface area contributed by atoms with Gasteiger partial charge in [-0.25, -0.2) is 8.42 Å². The molecule has 1 amide bonds. The molecule has 2 aromatic rings. The largest absolute Gasteiger partial charge is 0.497 e. The van der Waals surface area contributed by atoms with Gasteiger partial charge in [0.1, 0.15) is 17.2 Å². The van der Waals surface area contributed by atoms with Crippen LogP contribution in [0.2, 0.25) is 0 Å². The van der Waals surface area contributed by atoms with Gasteiger partial charge in [-0.3, -0.25) is 4.79 Å². The Hall–Kier alpha value is -2.78. The molecular formula is C25H32N2O6S. The van der Waals surface area contributed by atoms with Crippen LogP contribution in [0.15, 0.2) is 47.4 Å². The molecule has 0 radical (unpaired) electrons. The second-order valence-corrected chi connectivity index (χ2v) is 10.6. The number of sulfonamides is 1. The van der Waals surface area contributed by atoms with Gasteiger partial charge in [-0.2, -0.15) is 4.31 Å². The Morgan fingerprint density at radius 3 is 2.12 bits per heavy atom. The Morgan fingerprint density at radius 1 is 0.853 bits per heavy atom. The molecule has 2 saturated heterocycles. The Bertz CT molecular complexity index is 1110. The van der Waals surface area contributed by atoms with Gasteiger partial charge in [0.2, 0.25) is 15.9 Å². The highest BCUT2D eigenvalue weighted by Gasteiger charge is 2.38. The lowest BCUT2D eigenvalue weighted by Gasteiger charge is -2.34. The molecule has 0 saturated carbocycles. The standard InChI is InChI=1S/C25H32N2O6S/c1-31-19-6-9-21(10-7-19)34(29,30)26-15-12-18(13-16-26)25(28)27-14-4-5-23(27)22-11-8-20(32-2)17-24(22)33-3/h6-11,17-18,23H,4-5,12-16H2,1-3H3. The molecule has 0 aromatic heterocycles. The third-order valence-corrected chi connectivity index (χ3v) is 8.75. The van der Waals surface area contributed by atoms with E-state index in [1.54, 1.807) is 45.6 Å². The molecule has 0 N–H and O–H groups in total. The van der Waals surface area contributed by atoms with E-state index in [4.69, 9.17) is 14.2 Å². The van der Waals surface area contributed by atoms with Crippen molar-refractivity contribution in [1.82, 2.24) is 9.21 Å². The fourth-order valence-corrected chi connectivity index (χ4v) is 6.39. The summed E-state index contributed by atoms with van der Waals surface area (Å²) in [6.07, 6.45) is 2.82. The lowest BCUT2D eigenvalue weighted by molar-refractivity contribution is -0.137. The summed E-state index contributed by atoms with van der Waals surface area (Å²) in [5.41, 5.74) is 0.980. The number of likely N-dealkylation sites (tertiary alicyclic amines) is 1. The van der Waals surface area contributed by atoms with Crippen LogP contribution in [0.4, 0.5) is 0 Å². The summed E-state index contributed by atoms with van der Waals surface area (Å²) in [4.78, 5) is 15.7. The van der Waals surface area contributed by atoms with Gasteiger partial charge in [0, 0.05) is 37.2 Å². The van der Waals surface area contributed by atoms with E-state index in [1.807, 2.05) is 23.1 Å². The molecule has 2 aliphatic rings. The number of amides is 1. The van der Waals surface area contributed by atoms with Gasteiger partial charge in [-0.1, -0.05) is 0 Å². The van der Waals surface area contributed by atoms with Crippen molar-refractivity contribution in [3.8, 4) is 17.2 Å². The summed E-state index contributed by atoms with van der Waals surface area (Å²) in [6.45, 7) is 1.35. The smallest absolute Gasteiger partial charge is 0.243 e. The Morgan fingerprint density at radius 2 is 1.50 bits per heavy atom. The second-order valence-electron chi connectivity index (χ2n) is 8.65. The van der Waals surface area contributed by atoms with Crippen LogP contribution in [0, 0.1) is 5.92 Å². The maximum atomic E-state index is 13.5. The van der Waals surface area contributed by atoms with E-state index >= 15 is 0 Å². The SMILES string of the molecule is COc1ccc(S(=O)(=O)N2CCC(C(=O)N3CCCC3c3ccc(OC)cc3OC)CC2)cc1. The van der Waals surface area contributed by atoms with Crippen molar-refractivity contribution in [3.63, 3.8) is 0 Å². The van der Waals surface area contributed by atoms with Crippen molar-refractivity contribution >= 4 is 15.9 Å². The first kappa shape index (κ1) is 24.3. The molecule has 8 nitrogen and oxygen atoms in total. The fourth-order valence-electron chi connectivity index (χ4n) is 4.92. The molecule has 4 rings (SSSR count). The van der Waals surface area contributed by atoms with Gasteiger partial charge in [-0.15, -0.1) is 0 Å². The fraction of sp³-hybridized carbons (Fsp3) is 0.480. The van der Waals surface area contributed by atoms with Gasteiger partial charge in [0.25, 0.3) is 0 Å². The molecule has 0 spiro atoms. The van der Waals surface area contributed by atoms with E-state index in [2.05, 4.69) is 0 Å². The predicted octanol–water partition coefficient (Wildman–Crippen LogP) is 3.48. The zero-order valence-corrected chi connectivity index (χ0v) is 20.7. The molecule has 9 heteroatoms. The maximum absolute atomic E-state index is 13.5. The van der Waals surface area contributed by atoms with Crippen molar-refractivity contribution in [3.05, 3.63) is 48.0 Å². The van der Waals surface area contributed by atoms with E-state index in [-0.39, 0.29) is 22.8 Å². The number of benzene rings is 2. The molecule has 2 heterocycles. The molecule has 184 valence electrons. The number of methoxy groups -OCH3 is 3. The molecule has 2 fully saturated rings. The maximum Gasteiger partial charge on any atom is 0.243 e. The summed E-state index contributed by atoms with van der Waals surface area (Å²) in [5, 5.41) is 0. The van der Waals surface area contributed by atoms with E-state index in [0.29, 0.717) is 49.7 Å². The highest BCUT2D eigenvalue weighted by Crippen LogP contribution is 2.40. The van der Waals surface area contributed by atoms with Gasteiger partial charge in [0.15, 0.2) is 0 Å². The van der Waals surface area contributed by atoms with Crippen LogP contribution in [-0.2, 0) is 14.8 Å². The molecule has 34 heavy (non-hydrogen) atoms. The number of carbonyl (C=O) groups excluding carboxylic acids is 1. The summed E-state index contributed by atoms with van der Waals surface area (Å²) in [6, 6.07) is 12.1. The number of nitrogens with zero attached hydrogens (tertiary/aromatic N) is 2. The Labute approximate surface area is 201 Å². The lowest BCUT2D eigenvalue weighted by Crippen LogP contribution is -2.44. The van der Waals surface area contributed by atoms with Gasteiger partial charge in [-0.05, 0) is 62.1 Å². The summed E-state index contributed by atoms with van der Waals surface area (Å²) < 4.78 is 43.6. The summed E-state index contributed by atoms with van der Waals surface area (Å²) in [5.74, 6) is 1.94. The number of hydrogen-bond donors (Lipinski definition) is 0. The van der Waals surface area contributed by atoms with Crippen LogP contribution < -0.4 is 14.2 Å². The minimum absolute atomic E-state index is 0.0468. The van der Waals surface area contributed by atoms with E-state index < -0.39 is 10.0 Å². The van der Waals surface area contributed by atoms with Crippen LogP contribution >= 0.6 is 0 Å². The van der Waals surface area contributed by atoms with Crippen molar-refractivity contribution in [2.24, 2.45) is 5.92 Å². The molecular weight excluding hydrogens is 456 g/mol. The Kier molecular flexibility index (Phi) is 7.33. The van der Waals surface area contributed by atoms with Gasteiger partial charge >= 0.3 is 0 Å². The van der Waals surface area contributed by atoms with Crippen LogP contribution in [-0.4, -0.2) is 64.5 Å². The first-order valence-electron chi connectivity index (χ1n) is 11.6. The molecule has 2 aliphatic heterocycles. The van der Waals surface area contributed by atoms with Crippen molar-refractivity contribution in [2.75, 3.05) is 41.0 Å². The van der Waals surface area contributed by atoms with Crippen molar-refractivity contribution in [1.29, 1.82) is 0 Å².